The lowest BCUT2D eigenvalue weighted by Gasteiger charge is -1.95. The van der Waals surface area contributed by atoms with E-state index in [1.165, 1.54) is 0 Å². The first kappa shape index (κ1) is 6.86. The Morgan fingerprint density at radius 3 is 3.25 bits per heavy atom. The van der Waals surface area contributed by atoms with Gasteiger partial charge in [0.25, 0.3) is 0 Å². The van der Waals surface area contributed by atoms with Gasteiger partial charge >= 0.3 is 0 Å². The lowest BCUT2D eigenvalue weighted by Crippen LogP contribution is -1.84. The molecule has 1 N–H and O–H groups in total. The van der Waals surface area contributed by atoms with E-state index in [0.29, 0.717) is 6.42 Å². The number of rotatable bonds is 1. The van der Waals surface area contributed by atoms with Crippen molar-refractivity contribution in [1.29, 1.82) is 5.26 Å². The van der Waals surface area contributed by atoms with Crippen LogP contribution in [0.5, 0.6) is 0 Å². The summed E-state index contributed by atoms with van der Waals surface area (Å²) < 4.78 is 0. The zero-order valence-electron chi connectivity index (χ0n) is 6.41. The number of hydrogen-bond acceptors (Lipinski definition) is 2. The van der Waals surface area contributed by atoms with E-state index in [0.717, 1.165) is 16.6 Å². The molecule has 0 saturated heterocycles. The second-order valence-electron chi connectivity index (χ2n) is 2.54. The van der Waals surface area contributed by atoms with Crippen molar-refractivity contribution in [2.75, 3.05) is 0 Å². The number of aromatic amines is 1. The van der Waals surface area contributed by atoms with Crippen molar-refractivity contribution in [3.63, 3.8) is 0 Å². The molecule has 0 amide bonds. The molecular weight excluding hydrogens is 150 g/mol. The maximum atomic E-state index is 8.53. The molecule has 0 aliphatic rings. The quantitative estimate of drug-likeness (QED) is 0.684. The van der Waals surface area contributed by atoms with E-state index in [2.05, 4.69) is 16.0 Å². The van der Waals surface area contributed by atoms with Crippen LogP contribution in [-0.4, -0.2) is 9.97 Å². The van der Waals surface area contributed by atoms with Crippen LogP contribution in [0, 0.1) is 11.3 Å². The number of fused-ring (bicyclic) bond motifs is 1. The summed E-state index contributed by atoms with van der Waals surface area (Å²) >= 11 is 0. The molecule has 0 unspecified atom stereocenters. The third-order valence-electron chi connectivity index (χ3n) is 1.80. The lowest BCUT2D eigenvalue weighted by molar-refractivity contribution is 1.24. The van der Waals surface area contributed by atoms with Crippen LogP contribution in [0.3, 0.4) is 0 Å². The van der Waals surface area contributed by atoms with Crippen molar-refractivity contribution >= 4 is 11.0 Å². The van der Waals surface area contributed by atoms with Gasteiger partial charge in [0.2, 0.25) is 0 Å². The molecule has 0 saturated carbocycles. The fraction of sp³-hybridized carbons (Fsp3) is 0.111. The van der Waals surface area contributed by atoms with E-state index in [1.807, 2.05) is 18.3 Å². The molecule has 2 heterocycles. The van der Waals surface area contributed by atoms with Gasteiger partial charge in [-0.15, -0.1) is 0 Å². The van der Waals surface area contributed by atoms with E-state index in [4.69, 9.17) is 5.26 Å². The number of aromatic nitrogens is 2. The van der Waals surface area contributed by atoms with Crippen molar-refractivity contribution in [3.05, 3.63) is 30.1 Å². The molecule has 0 fully saturated rings. The van der Waals surface area contributed by atoms with Gasteiger partial charge in [0, 0.05) is 12.4 Å². The lowest BCUT2D eigenvalue weighted by atomic mass is 10.2. The van der Waals surface area contributed by atoms with Gasteiger partial charge in [-0.3, -0.25) is 4.98 Å². The SMILES string of the molecule is N#CCc1ccnc2cc[nH]c12. The topological polar surface area (TPSA) is 52.5 Å². The monoisotopic (exact) mass is 157 g/mol. The van der Waals surface area contributed by atoms with E-state index >= 15 is 0 Å². The van der Waals surface area contributed by atoms with Crippen LogP contribution >= 0.6 is 0 Å². The summed E-state index contributed by atoms with van der Waals surface area (Å²) in [4.78, 5) is 7.20. The van der Waals surface area contributed by atoms with E-state index in [1.54, 1.807) is 6.20 Å². The zero-order valence-corrected chi connectivity index (χ0v) is 6.41. The first-order valence-corrected chi connectivity index (χ1v) is 3.70. The summed E-state index contributed by atoms with van der Waals surface area (Å²) in [6, 6.07) is 5.88. The van der Waals surface area contributed by atoms with Crippen molar-refractivity contribution in [2.24, 2.45) is 0 Å². The van der Waals surface area contributed by atoms with Gasteiger partial charge < -0.3 is 4.98 Å². The molecule has 2 rings (SSSR count). The van der Waals surface area contributed by atoms with E-state index in [-0.39, 0.29) is 0 Å². The minimum Gasteiger partial charge on any atom is -0.360 e. The number of hydrogen-bond donors (Lipinski definition) is 1. The first-order valence-electron chi connectivity index (χ1n) is 3.70. The molecule has 3 nitrogen and oxygen atoms in total. The number of H-pyrrole nitrogens is 1. The zero-order chi connectivity index (χ0) is 8.39. The van der Waals surface area contributed by atoms with Crippen LogP contribution in [-0.2, 0) is 6.42 Å². The van der Waals surface area contributed by atoms with Gasteiger partial charge in [0.15, 0.2) is 0 Å². The third-order valence-corrected chi connectivity index (χ3v) is 1.80. The second-order valence-corrected chi connectivity index (χ2v) is 2.54. The summed E-state index contributed by atoms with van der Waals surface area (Å²) in [5.74, 6) is 0. The maximum absolute atomic E-state index is 8.53. The predicted octanol–water partition coefficient (Wildman–Crippen LogP) is 1.63. The smallest absolute Gasteiger partial charge is 0.0881 e. The number of nitriles is 1. The Bertz CT molecular complexity index is 436. The Morgan fingerprint density at radius 2 is 2.42 bits per heavy atom. The third kappa shape index (κ3) is 0.940. The molecular formula is C9H7N3. The Labute approximate surface area is 69.7 Å². The number of nitrogens with zero attached hydrogens (tertiary/aromatic N) is 2. The minimum absolute atomic E-state index is 0.430. The summed E-state index contributed by atoms with van der Waals surface area (Å²) in [7, 11) is 0. The predicted molar refractivity (Wildman–Crippen MR) is 45.4 cm³/mol. The molecule has 0 aliphatic carbocycles. The summed E-state index contributed by atoms with van der Waals surface area (Å²) in [6.45, 7) is 0. The molecule has 0 radical (unpaired) electrons. The highest BCUT2D eigenvalue weighted by Gasteiger charge is 2.00. The fourth-order valence-corrected chi connectivity index (χ4v) is 1.25. The van der Waals surface area contributed by atoms with Gasteiger partial charge in [-0.25, -0.2) is 0 Å². The molecule has 0 bridgehead atoms. The van der Waals surface area contributed by atoms with Crippen molar-refractivity contribution < 1.29 is 0 Å². The van der Waals surface area contributed by atoms with Crippen molar-refractivity contribution in [1.82, 2.24) is 9.97 Å². The largest absolute Gasteiger partial charge is 0.360 e. The van der Waals surface area contributed by atoms with Crippen molar-refractivity contribution in [2.45, 2.75) is 6.42 Å². The summed E-state index contributed by atoms with van der Waals surface area (Å²) in [6.07, 6.45) is 3.99. The van der Waals surface area contributed by atoms with Gasteiger partial charge in [-0.2, -0.15) is 5.26 Å². The molecule has 2 aromatic rings. The average Bonchev–Trinajstić information content (AvgIpc) is 2.53. The number of nitrogens with one attached hydrogen (secondary N) is 1. The van der Waals surface area contributed by atoms with Gasteiger partial charge in [-0.1, -0.05) is 0 Å². The van der Waals surface area contributed by atoms with E-state index in [9.17, 15) is 0 Å². The fourth-order valence-electron chi connectivity index (χ4n) is 1.25. The molecule has 0 aromatic carbocycles. The van der Waals surface area contributed by atoms with Gasteiger partial charge in [-0.05, 0) is 17.7 Å². The molecule has 2 aromatic heterocycles. The molecule has 0 aliphatic heterocycles. The van der Waals surface area contributed by atoms with Crippen LogP contribution in [0.4, 0.5) is 0 Å². The Kier molecular flexibility index (Phi) is 1.52. The average molecular weight is 157 g/mol. The normalized spacial score (nSPS) is 9.92. The van der Waals surface area contributed by atoms with Crippen LogP contribution in [0.15, 0.2) is 24.5 Å². The van der Waals surface area contributed by atoms with Crippen LogP contribution in [0.1, 0.15) is 5.56 Å². The van der Waals surface area contributed by atoms with Gasteiger partial charge in [0.1, 0.15) is 0 Å². The minimum atomic E-state index is 0.430. The molecule has 3 heteroatoms. The Hall–Kier alpha value is -1.82. The highest BCUT2D eigenvalue weighted by molar-refractivity contribution is 5.78. The maximum Gasteiger partial charge on any atom is 0.0881 e. The molecule has 0 spiro atoms. The van der Waals surface area contributed by atoms with Crippen LogP contribution in [0.25, 0.3) is 11.0 Å². The van der Waals surface area contributed by atoms with Crippen molar-refractivity contribution in [3.8, 4) is 6.07 Å². The standard InChI is InChI=1S/C9H7N3/c10-4-1-7-2-5-11-8-3-6-12-9(7)8/h2-3,5-6,12H,1H2. The highest BCUT2D eigenvalue weighted by Crippen LogP contribution is 2.13. The Balaban J connectivity index is 2.67. The summed E-state index contributed by atoms with van der Waals surface area (Å²) in [5, 5.41) is 8.53. The summed E-state index contributed by atoms with van der Waals surface area (Å²) in [5.41, 5.74) is 2.90. The Morgan fingerprint density at radius 1 is 1.50 bits per heavy atom. The second kappa shape index (κ2) is 2.67. The molecule has 58 valence electrons. The number of pyridine rings is 1. The van der Waals surface area contributed by atoms with Crippen LogP contribution in [0.2, 0.25) is 0 Å². The molecule has 0 atom stereocenters. The first-order chi connectivity index (χ1) is 5.92. The highest BCUT2D eigenvalue weighted by atomic mass is 14.8. The molecule has 12 heavy (non-hydrogen) atoms. The van der Waals surface area contributed by atoms with Crippen LogP contribution < -0.4 is 0 Å². The van der Waals surface area contributed by atoms with E-state index < -0.39 is 0 Å². The van der Waals surface area contributed by atoms with Gasteiger partial charge in [0.05, 0.1) is 23.5 Å².